The Hall–Kier alpha value is -3.66. The number of hydrogen-bond donors (Lipinski definition) is 1. The van der Waals surface area contributed by atoms with Gasteiger partial charge in [0.25, 0.3) is 0 Å². The Morgan fingerprint density at radius 2 is 2.00 bits per heavy atom. The maximum atomic E-state index is 16.3. The third-order valence-electron chi connectivity index (χ3n) is 7.90. The number of rotatable bonds is 7. The molecule has 0 saturated carbocycles. The van der Waals surface area contributed by atoms with Crippen molar-refractivity contribution < 1.29 is 27.8 Å². The number of hydrogen-bond acceptors (Lipinski definition) is 7. The van der Waals surface area contributed by atoms with Crippen LogP contribution in [0.2, 0.25) is 0 Å². The lowest BCUT2D eigenvalue weighted by atomic mass is 9.94. The highest BCUT2D eigenvalue weighted by Gasteiger charge is 2.49. The van der Waals surface area contributed by atoms with Gasteiger partial charge in [0.1, 0.15) is 35.6 Å². The molecule has 0 bridgehead atoms. The van der Waals surface area contributed by atoms with Crippen LogP contribution >= 0.6 is 0 Å². The Labute approximate surface area is 223 Å². The first-order valence-electron chi connectivity index (χ1n) is 13.3. The van der Waals surface area contributed by atoms with Gasteiger partial charge in [0.2, 0.25) is 5.88 Å². The molecular formula is C29H29F3N4O3. The summed E-state index contributed by atoms with van der Waals surface area (Å²) >= 11 is 0. The molecule has 2 aromatic heterocycles. The van der Waals surface area contributed by atoms with Crippen molar-refractivity contribution in [2.75, 3.05) is 26.3 Å². The number of nitrogens with zero attached hydrogens (tertiary/aromatic N) is 4. The molecule has 4 aromatic rings. The van der Waals surface area contributed by atoms with E-state index in [2.05, 4.69) is 19.9 Å². The van der Waals surface area contributed by atoms with Crippen LogP contribution in [0.15, 0.2) is 30.5 Å². The summed E-state index contributed by atoms with van der Waals surface area (Å²) in [6.45, 7) is 5.24. The number of fused-ring (bicyclic) bond motifs is 3. The minimum atomic E-state index is -0.911. The Bertz CT molecular complexity index is 1580. The first-order chi connectivity index (χ1) is 18.8. The molecule has 2 aliphatic rings. The fourth-order valence-electron chi connectivity index (χ4n) is 6.19. The molecule has 2 saturated heterocycles. The van der Waals surface area contributed by atoms with Gasteiger partial charge in [-0.1, -0.05) is 13.0 Å². The summed E-state index contributed by atoms with van der Waals surface area (Å²) in [5.74, 6) is -1.17. The van der Waals surface area contributed by atoms with Crippen LogP contribution in [0.4, 0.5) is 13.2 Å². The van der Waals surface area contributed by atoms with E-state index in [0.717, 1.165) is 19.4 Å². The van der Waals surface area contributed by atoms with Crippen LogP contribution in [0, 0.1) is 11.6 Å². The standard InChI is InChI=1S/C29H29F3N4O3/c1-3-19-22(31)7-6-16-10-18(37)11-20(23(16)19)25-24(32)26-21(13-33-25)27(38-4-2)35-28(34-26)39-15-29-8-5-9-36(29)14-17(30)12-29/h6-7,10-11,13,17,37H,3-5,8-9,12,14-15H2,1-2H3/t17-,29+/m1/s1. The zero-order chi connectivity index (χ0) is 27.3. The molecule has 204 valence electrons. The predicted molar refractivity (Wildman–Crippen MR) is 141 cm³/mol. The van der Waals surface area contributed by atoms with Crippen molar-refractivity contribution in [2.45, 2.75) is 51.2 Å². The van der Waals surface area contributed by atoms with Gasteiger partial charge in [-0.05, 0) is 67.3 Å². The van der Waals surface area contributed by atoms with Crippen molar-refractivity contribution in [3.05, 3.63) is 47.7 Å². The van der Waals surface area contributed by atoms with Gasteiger partial charge in [-0.3, -0.25) is 9.88 Å². The molecule has 2 atom stereocenters. The molecule has 6 rings (SSSR count). The van der Waals surface area contributed by atoms with E-state index in [1.165, 1.54) is 24.4 Å². The number of alkyl halides is 1. The van der Waals surface area contributed by atoms with Gasteiger partial charge in [-0.15, -0.1) is 0 Å². The van der Waals surface area contributed by atoms with Gasteiger partial charge in [-0.25, -0.2) is 13.2 Å². The number of pyridine rings is 1. The topological polar surface area (TPSA) is 80.6 Å². The van der Waals surface area contributed by atoms with Gasteiger partial charge in [0.05, 0.1) is 17.5 Å². The van der Waals surface area contributed by atoms with Gasteiger partial charge in [0.15, 0.2) is 5.82 Å². The molecule has 1 N–H and O–H groups in total. The smallest absolute Gasteiger partial charge is 0.320 e. The molecule has 0 spiro atoms. The van der Waals surface area contributed by atoms with E-state index in [1.807, 2.05) is 6.92 Å². The second-order valence-corrected chi connectivity index (χ2v) is 10.3. The number of aromatic nitrogens is 3. The molecule has 2 aliphatic heterocycles. The maximum Gasteiger partial charge on any atom is 0.320 e. The van der Waals surface area contributed by atoms with Crippen LogP contribution in [-0.4, -0.2) is 63.0 Å². The van der Waals surface area contributed by atoms with Crippen molar-refractivity contribution in [1.82, 2.24) is 19.9 Å². The maximum absolute atomic E-state index is 16.3. The average molecular weight is 539 g/mol. The molecule has 7 nitrogen and oxygen atoms in total. The van der Waals surface area contributed by atoms with Gasteiger partial charge < -0.3 is 14.6 Å². The SMILES string of the molecule is CCOc1nc(OC[C@@]23CCCN2C[C@H](F)C3)nc2c(F)c(-c3cc(O)cc4ccc(F)c(CC)c34)ncc12. The number of aromatic hydroxyl groups is 1. The highest BCUT2D eigenvalue weighted by Crippen LogP contribution is 2.41. The quantitative estimate of drug-likeness (QED) is 0.321. The van der Waals surface area contributed by atoms with E-state index in [1.54, 1.807) is 13.0 Å². The van der Waals surface area contributed by atoms with Crippen molar-refractivity contribution in [3.63, 3.8) is 0 Å². The zero-order valence-electron chi connectivity index (χ0n) is 21.8. The minimum Gasteiger partial charge on any atom is -0.508 e. The Balaban J connectivity index is 1.47. The van der Waals surface area contributed by atoms with Crippen LogP contribution in [0.1, 0.15) is 38.7 Å². The third-order valence-corrected chi connectivity index (χ3v) is 7.90. The molecule has 0 aliphatic carbocycles. The second kappa shape index (κ2) is 9.82. The monoisotopic (exact) mass is 538 g/mol. The van der Waals surface area contributed by atoms with Crippen molar-refractivity contribution in [3.8, 4) is 28.9 Å². The summed E-state index contributed by atoms with van der Waals surface area (Å²) in [5, 5.41) is 11.7. The Kier molecular flexibility index (Phi) is 6.45. The van der Waals surface area contributed by atoms with Crippen LogP contribution < -0.4 is 9.47 Å². The molecule has 39 heavy (non-hydrogen) atoms. The highest BCUT2D eigenvalue weighted by molar-refractivity contribution is 6.01. The molecule has 0 radical (unpaired) electrons. The van der Waals surface area contributed by atoms with Crippen LogP contribution in [0.25, 0.3) is 32.9 Å². The molecule has 0 unspecified atom stereocenters. The lowest BCUT2D eigenvalue weighted by Crippen LogP contribution is -2.43. The molecule has 2 aromatic carbocycles. The van der Waals surface area contributed by atoms with Crippen molar-refractivity contribution in [1.29, 1.82) is 0 Å². The Morgan fingerprint density at radius 1 is 1.15 bits per heavy atom. The Morgan fingerprint density at radius 3 is 2.79 bits per heavy atom. The summed E-state index contributed by atoms with van der Waals surface area (Å²) in [5.41, 5.74) is 0.0586. The number of ether oxygens (including phenoxy) is 2. The van der Waals surface area contributed by atoms with Crippen LogP contribution in [0.3, 0.4) is 0 Å². The fraction of sp³-hybridized carbons (Fsp3) is 0.414. The first kappa shape index (κ1) is 25.6. The van der Waals surface area contributed by atoms with Crippen LogP contribution in [-0.2, 0) is 6.42 Å². The van der Waals surface area contributed by atoms with Gasteiger partial charge in [-0.2, -0.15) is 9.97 Å². The lowest BCUT2D eigenvalue weighted by molar-refractivity contribution is 0.107. The van der Waals surface area contributed by atoms with E-state index >= 15 is 4.39 Å². The second-order valence-electron chi connectivity index (χ2n) is 10.3. The number of phenolic OH excluding ortho intramolecular Hbond substituents is 1. The fourth-order valence-corrected chi connectivity index (χ4v) is 6.19. The van der Waals surface area contributed by atoms with Gasteiger partial charge >= 0.3 is 6.01 Å². The minimum absolute atomic E-state index is 0.0741. The largest absolute Gasteiger partial charge is 0.508 e. The van der Waals surface area contributed by atoms with E-state index in [9.17, 15) is 13.9 Å². The van der Waals surface area contributed by atoms with Crippen molar-refractivity contribution in [2.24, 2.45) is 0 Å². The molecule has 0 amide bonds. The summed E-state index contributed by atoms with van der Waals surface area (Å²) in [4.78, 5) is 15.2. The number of halogens is 3. The van der Waals surface area contributed by atoms with E-state index in [-0.39, 0.29) is 53.0 Å². The summed E-state index contributed by atoms with van der Waals surface area (Å²) < 4.78 is 56.9. The third kappa shape index (κ3) is 4.30. The van der Waals surface area contributed by atoms with E-state index in [4.69, 9.17) is 9.47 Å². The first-order valence-corrected chi connectivity index (χ1v) is 13.3. The van der Waals surface area contributed by atoms with E-state index in [0.29, 0.717) is 35.7 Å². The number of phenols is 1. The zero-order valence-corrected chi connectivity index (χ0v) is 21.8. The van der Waals surface area contributed by atoms with Gasteiger partial charge in [0, 0.05) is 24.7 Å². The molecule has 2 fully saturated rings. The predicted octanol–water partition coefficient (Wildman–Crippen LogP) is 5.75. The molecule has 10 heteroatoms. The van der Waals surface area contributed by atoms with Crippen molar-refractivity contribution >= 4 is 21.7 Å². The highest BCUT2D eigenvalue weighted by atomic mass is 19.1. The molecule has 4 heterocycles. The lowest BCUT2D eigenvalue weighted by Gasteiger charge is -2.30. The molecular weight excluding hydrogens is 509 g/mol. The van der Waals surface area contributed by atoms with Crippen LogP contribution in [0.5, 0.6) is 17.6 Å². The summed E-state index contributed by atoms with van der Waals surface area (Å²) in [7, 11) is 0. The van der Waals surface area contributed by atoms with E-state index < -0.39 is 23.3 Å². The number of benzene rings is 2. The summed E-state index contributed by atoms with van der Waals surface area (Å²) in [6, 6.07) is 5.69. The average Bonchev–Trinajstić information content (AvgIpc) is 3.43. The normalized spacial score (nSPS) is 21.1. The summed E-state index contributed by atoms with van der Waals surface area (Å²) in [6.07, 6.45) is 3.01. The number of aryl methyl sites for hydroxylation is 1.